The summed E-state index contributed by atoms with van der Waals surface area (Å²) >= 11 is 10.9. The third kappa shape index (κ3) is 6.26. The lowest BCUT2D eigenvalue weighted by molar-refractivity contribution is 1.12. The predicted octanol–water partition coefficient (Wildman–Crippen LogP) is 8.74. The molecule has 0 N–H and O–H groups in total. The van der Waals surface area contributed by atoms with Gasteiger partial charge in [0.15, 0.2) is 0 Å². The maximum Gasteiger partial charge on any atom is 0.0342 e. The number of rotatable bonds is 9. The van der Waals surface area contributed by atoms with E-state index in [9.17, 15) is 0 Å². The van der Waals surface area contributed by atoms with Crippen LogP contribution in [0.15, 0.2) is 65.8 Å². The molecular weight excluding hydrogens is 457 g/mol. The number of hydrogen-bond donors (Lipinski definition) is 0. The van der Waals surface area contributed by atoms with Gasteiger partial charge in [0.1, 0.15) is 0 Å². The van der Waals surface area contributed by atoms with Crippen LogP contribution in [0.3, 0.4) is 0 Å². The van der Waals surface area contributed by atoms with Gasteiger partial charge in [-0.05, 0) is 72.9 Å². The van der Waals surface area contributed by atoms with Crippen molar-refractivity contribution in [2.75, 3.05) is 37.5 Å². The van der Waals surface area contributed by atoms with Crippen molar-refractivity contribution in [1.82, 2.24) is 0 Å². The summed E-state index contributed by atoms with van der Waals surface area (Å²) in [5.41, 5.74) is 2.51. The van der Waals surface area contributed by atoms with Crippen LogP contribution in [0.2, 0.25) is 0 Å². The molecular formula is C22H26S6. The molecule has 2 aromatic rings. The summed E-state index contributed by atoms with van der Waals surface area (Å²) in [4.78, 5) is 8.18. The molecule has 0 atom stereocenters. The molecule has 0 nitrogen and oxygen atoms in total. The van der Waals surface area contributed by atoms with E-state index >= 15 is 0 Å². The molecule has 0 saturated heterocycles. The summed E-state index contributed by atoms with van der Waals surface area (Å²) in [5.74, 6) is 0. The van der Waals surface area contributed by atoms with Gasteiger partial charge in [-0.25, -0.2) is 0 Å². The quantitative estimate of drug-likeness (QED) is 0.257. The summed E-state index contributed by atoms with van der Waals surface area (Å²) in [7, 11) is 0. The highest BCUT2D eigenvalue weighted by atomic mass is 32.2. The highest BCUT2D eigenvalue weighted by molar-refractivity contribution is 8.03. The first-order valence-corrected chi connectivity index (χ1v) is 15.9. The Hall–Kier alpha value is 0.0200. The lowest BCUT2D eigenvalue weighted by atomic mass is 10.2. The van der Waals surface area contributed by atoms with Gasteiger partial charge in [0.2, 0.25) is 0 Å². The molecule has 0 amide bonds. The van der Waals surface area contributed by atoms with Crippen molar-refractivity contribution in [1.29, 1.82) is 0 Å². The summed E-state index contributed by atoms with van der Waals surface area (Å²) in [6.45, 7) is 0. The average molecular weight is 483 g/mol. The molecule has 0 aliphatic rings. The number of benzene rings is 2. The van der Waals surface area contributed by atoms with E-state index in [1.165, 1.54) is 40.5 Å². The minimum absolute atomic E-state index is 1.25. The van der Waals surface area contributed by atoms with Crippen molar-refractivity contribution < 1.29 is 0 Å². The standard InChI is InChI=1S/C22H26S6/c1-23-17-11-15(12-18(24-2)21(17)27-5)9-7-8-10-16-13-19(25-3)22(28-6)20(14-16)26-4/h7-14H,1-6H3/b9-7+,10-8+. The zero-order chi connectivity index (χ0) is 20.5. The fraction of sp³-hybridized carbons (Fsp3) is 0.273. The van der Waals surface area contributed by atoms with E-state index in [2.05, 4.69) is 86.1 Å². The number of allylic oxidation sites excluding steroid dienone is 2. The Kier molecular flexibility index (Phi) is 11.0. The van der Waals surface area contributed by atoms with Gasteiger partial charge in [0.05, 0.1) is 0 Å². The first-order chi connectivity index (χ1) is 13.6. The molecule has 28 heavy (non-hydrogen) atoms. The van der Waals surface area contributed by atoms with Crippen LogP contribution in [0.4, 0.5) is 0 Å². The molecule has 2 aromatic carbocycles. The Balaban J connectivity index is 2.26. The normalized spacial score (nSPS) is 11.8. The second-order valence-corrected chi connectivity index (χ2v) is 10.7. The van der Waals surface area contributed by atoms with Crippen LogP contribution in [0.5, 0.6) is 0 Å². The van der Waals surface area contributed by atoms with E-state index in [0.717, 1.165) is 0 Å². The van der Waals surface area contributed by atoms with Gasteiger partial charge in [-0.1, -0.05) is 24.3 Å². The van der Waals surface area contributed by atoms with Gasteiger partial charge >= 0.3 is 0 Å². The molecule has 150 valence electrons. The van der Waals surface area contributed by atoms with E-state index in [-0.39, 0.29) is 0 Å². The highest BCUT2D eigenvalue weighted by Crippen LogP contribution is 2.38. The van der Waals surface area contributed by atoms with Crippen LogP contribution < -0.4 is 0 Å². The monoisotopic (exact) mass is 482 g/mol. The first-order valence-electron chi connectivity index (χ1n) is 8.56. The van der Waals surface area contributed by atoms with Gasteiger partial charge in [0, 0.05) is 29.4 Å². The molecule has 0 radical (unpaired) electrons. The number of hydrogen-bond acceptors (Lipinski definition) is 6. The largest absolute Gasteiger partial charge is 0.128 e. The Morgan fingerprint density at radius 3 is 0.964 bits per heavy atom. The van der Waals surface area contributed by atoms with Crippen molar-refractivity contribution in [2.45, 2.75) is 29.4 Å². The van der Waals surface area contributed by atoms with E-state index in [1.54, 1.807) is 0 Å². The second kappa shape index (κ2) is 12.7. The van der Waals surface area contributed by atoms with Gasteiger partial charge in [0.25, 0.3) is 0 Å². The number of thioether (sulfide) groups is 6. The molecule has 6 heteroatoms. The maximum atomic E-state index is 2.28. The lowest BCUT2D eigenvalue weighted by Crippen LogP contribution is -1.85. The van der Waals surface area contributed by atoms with Gasteiger partial charge < -0.3 is 0 Å². The van der Waals surface area contributed by atoms with Gasteiger partial charge in [-0.15, -0.1) is 70.6 Å². The predicted molar refractivity (Wildman–Crippen MR) is 142 cm³/mol. The van der Waals surface area contributed by atoms with Crippen LogP contribution in [0.25, 0.3) is 12.2 Å². The molecule has 0 saturated carbocycles. The van der Waals surface area contributed by atoms with Crippen molar-refractivity contribution in [3.8, 4) is 0 Å². The average Bonchev–Trinajstić information content (AvgIpc) is 2.74. The SMILES string of the molecule is CSc1cc(/C=C/C=C/c2cc(SC)c(SC)c(SC)c2)cc(SC)c1SC. The molecule has 0 unspecified atom stereocenters. The topological polar surface area (TPSA) is 0 Å². The summed E-state index contributed by atoms with van der Waals surface area (Å²) in [5, 5.41) is 0. The summed E-state index contributed by atoms with van der Waals surface area (Å²) in [6.07, 6.45) is 21.6. The molecule has 0 bridgehead atoms. The summed E-state index contributed by atoms with van der Waals surface area (Å²) in [6, 6.07) is 9.13. The van der Waals surface area contributed by atoms with Crippen LogP contribution in [0, 0.1) is 0 Å². The molecule has 2 rings (SSSR count). The van der Waals surface area contributed by atoms with Crippen molar-refractivity contribution in [2.24, 2.45) is 0 Å². The smallest absolute Gasteiger partial charge is 0.0342 e. The fourth-order valence-electron chi connectivity index (χ4n) is 2.73. The zero-order valence-electron chi connectivity index (χ0n) is 17.1. The molecule has 0 aliphatic heterocycles. The van der Waals surface area contributed by atoms with E-state index in [1.807, 2.05) is 70.6 Å². The zero-order valence-corrected chi connectivity index (χ0v) is 22.0. The lowest BCUT2D eigenvalue weighted by Gasteiger charge is -2.11. The van der Waals surface area contributed by atoms with Crippen molar-refractivity contribution in [3.63, 3.8) is 0 Å². The van der Waals surface area contributed by atoms with E-state index < -0.39 is 0 Å². The third-order valence-electron chi connectivity index (χ3n) is 4.06. The Bertz CT molecular complexity index is 733. The maximum absolute atomic E-state index is 2.28. The van der Waals surface area contributed by atoms with Gasteiger partial charge in [-0.2, -0.15) is 0 Å². The van der Waals surface area contributed by atoms with Crippen LogP contribution in [-0.2, 0) is 0 Å². The van der Waals surface area contributed by atoms with E-state index in [4.69, 9.17) is 0 Å². The molecule has 0 spiro atoms. The third-order valence-corrected chi connectivity index (χ3v) is 9.32. The van der Waals surface area contributed by atoms with Crippen molar-refractivity contribution in [3.05, 3.63) is 47.5 Å². The van der Waals surface area contributed by atoms with E-state index in [0.29, 0.717) is 0 Å². The van der Waals surface area contributed by atoms with Crippen LogP contribution in [-0.4, -0.2) is 37.5 Å². The Morgan fingerprint density at radius 2 is 0.750 bits per heavy atom. The first kappa shape index (κ1) is 24.3. The second-order valence-electron chi connectivity index (χ2n) is 5.64. The Labute approximate surface area is 195 Å². The molecule has 0 aromatic heterocycles. The Morgan fingerprint density at radius 1 is 0.464 bits per heavy atom. The molecule has 0 fully saturated rings. The molecule has 0 aliphatic carbocycles. The van der Waals surface area contributed by atoms with Crippen LogP contribution in [0.1, 0.15) is 11.1 Å². The van der Waals surface area contributed by atoms with Crippen LogP contribution >= 0.6 is 70.6 Å². The fourth-order valence-corrected chi connectivity index (χ4v) is 8.10. The minimum atomic E-state index is 1.25. The minimum Gasteiger partial charge on any atom is -0.128 e. The van der Waals surface area contributed by atoms with Gasteiger partial charge in [-0.3, -0.25) is 0 Å². The molecule has 0 heterocycles. The highest BCUT2D eigenvalue weighted by Gasteiger charge is 2.09. The van der Waals surface area contributed by atoms with Crippen molar-refractivity contribution >= 4 is 82.7 Å². The summed E-state index contributed by atoms with van der Waals surface area (Å²) < 4.78 is 0.